The molecule has 0 aliphatic heterocycles. The fourth-order valence-corrected chi connectivity index (χ4v) is 4.11. The Morgan fingerprint density at radius 1 is 1.23 bits per heavy atom. The molecule has 0 radical (unpaired) electrons. The third-order valence-corrected chi connectivity index (χ3v) is 7.79. The molecule has 0 fully saturated rings. The SMILES string of the molecule is COC(=O)c1cc(Oc2nc3nc(I)c(Cl)cc3n2COCC[Si](C)(C)C)ccc1C. The molecule has 0 aliphatic rings. The summed E-state index contributed by atoms with van der Waals surface area (Å²) in [6.07, 6.45) is 0. The van der Waals surface area contributed by atoms with Gasteiger partial charge in [-0.1, -0.05) is 37.3 Å². The minimum Gasteiger partial charge on any atom is -0.465 e. The molecule has 2 heterocycles. The van der Waals surface area contributed by atoms with Gasteiger partial charge >= 0.3 is 12.0 Å². The monoisotopic (exact) mass is 573 g/mol. The van der Waals surface area contributed by atoms with E-state index in [1.807, 2.05) is 13.0 Å². The van der Waals surface area contributed by atoms with Crippen LogP contribution in [-0.4, -0.2) is 42.3 Å². The van der Waals surface area contributed by atoms with Crippen LogP contribution in [0.4, 0.5) is 0 Å². The second kappa shape index (κ2) is 9.84. The summed E-state index contributed by atoms with van der Waals surface area (Å²) in [6, 6.07) is 8.39. The third-order valence-electron chi connectivity index (χ3n) is 4.66. The highest BCUT2D eigenvalue weighted by Gasteiger charge is 2.19. The van der Waals surface area contributed by atoms with E-state index in [1.54, 1.807) is 22.8 Å². The molecule has 0 amide bonds. The van der Waals surface area contributed by atoms with E-state index in [-0.39, 0.29) is 6.73 Å². The quantitative estimate of drug-likeness (QED) is 0.110. The van der Waals surface area contributed by atoms with E-state index < -0.39 is 14.0 Å². The number of pyridine rings is 1. The first-order valence-electron chi connectivity index (χ1n) is 9.76. The van der Waals surface area contributed by atoms with Crippen molar-refractivity contribution in [2.75, 3.05) is 13.7 Å². The predicted octanol–water partition coefficient (Wildman–Crippen LogP) is 5.89. The lowest BCUT2D eigenvalue weighted by molar-refractivity contribution is 0.0599. The van der Waals surface area contributed by atoms with Crippen LogP contribution in [-0.2, 0) is 16.2 Å². The highest BCUT2D eigenvalue weighted by molar-refractivity contribution is 14.1. The Morgan fingerprint density at radius 2 is 1.97 bits per heavy atom. The van der Waals surface area contributed by atoms with Crippen LogP contribution < -0.4 is 4.74 Å². The second-order valence-electron chi connectivity index (χ2n) is 8.34. The molecule has 0 unspecified atom stereocenters. The lowest BCUT2D eigenvalue weighted by Crippen LogP contribution is -2.22. The standard InChI is InChI=1S/C21H25ClIN3O4Si/c1-13-6-7-14(10-15(13)20(27)28-2)30-21-25-19-17(11-16(22)18(23)24-19)26(21)12-29-8-9-31(3,4)5/h6-7,10-11H,8-9,12H2,1-5H3. The molecule has 3 rings (SSSR count). The molecule has 0 saturated heterocycles. The van der Waals surface area contributed by atoms with Crippen molar-refractivity contribution in [1.82, 2.24) is 14.5 Å². The Hall–Kier alpha value is -1.69. The van der Waals surface area contributed by atoms with Crippen molar-refractivity contribution in [3.63, 3.8) is 0 Å². The average molecular weight is 574 g/mol. The zero-order valence-corrected chi connectivity index (χ0v) is 22.1. The van der Waals surface area contributed by atoms with E-state index in [0.29, 0.717) is 43.8 Å². The van der Waals surface area contributed by atoms with Gasteiger partial charge in [-0.3, -0.25) is 4.57 Å². The zero-order chi connectivity index (χ0) is 22.8. The lowest BCUT2D eigenvalue weighted by atomic mass is 10.1. The largest absolute Gasteiger partial charge is 0.465 e. The fourth-order valence-electron chi connectivity index (χ4n) is 2.82. The molecule has 0 atom stereocenters. The maximum Gasteiger partial charge on any atom is 0.338 e. The minimum absolute atomic E-state index is 0.255. The summed E-state index contributed by atoms with van der Waals surface area (Å²) in [4.78, 5) is 21.0. The van der Waals surface area contributed by atoms with Gasteiger partial charge in [-0.25, -0.2) is 9.78 Å². The molecule has 7 nitrogen and oxygen atoms in total. The first kappa shape index (κ1) is 24.0. The molecule has 0 N–H and O–H groups in total. The van der Waals surface area contributed by atoms with Gasteiger partial charge in [0.25, 0.3) is 0 Å². The number of aryl methyl sites for hydroxylation is 1. The summed E-state index contributed by atoms with van der Waals surface area (Å²) in [5.41, 5.74) is 2.46. The Bertz CT molecular complexity index is 1110. The van der Waals surface area contributed by atoms with Crippen molar-refractivity contribution in [3.8, 4) is 11.8 Å². The van der Waals surface area contributed by atoms with Crippen LogP contribution in [0.15, 0.2) is 24.3 Å². The topological polar surface area (TPSA) is 75.5 Å². The van der Waals surface area contributed by atoms with Crippen molar-refractivity contribution < 1.29 is 19.0 Å². The Labute approximate surface area is 201 Å². The van der Waals surface area contributed by atoms with E-state index in [4.69, 9.17) is 25.8 Å². The van der Waals surface area contributed by atoms with Gasteiger partial charge in [-0.05, 0) is 59.3 Å². The van der Waals surface area contributed by atoms with Crippen LogP contribution in [0.2, 0.25) is 30.7 Å². The number of ether oxygens (including phenoxy) is 3. The summed E-state index contributed by atoms with van der Waals surface area (Å²) in [5.74, 6) is 0.0413. The number of hydrogen-bond donors (Lipinski definition) is 0. The van der Waals surface area contributed by atoms with Crippen molar-refractivity contribution in [2.24, 2.45) is 0 Å². The van der Waals surface area contributed by atoms with Gasteiger partial charge < -0.3 is 14.2 Å². The highest BCUT2D eigenvalue weighted by Crippen LogP contribution is 2.30. The van der Waals surface area contributed by atoms with Crippen LogP contribution in [0, 0.1) is 10.6 Å². The predicted molar refractivity (Wildman–Crippen MR) is 132 cm³/mol. The Kier molecular flexibility index (Phi) is 7.61. The smallest absolute Gasteiger partial charge is 0.338 e. The summed E-state index contributed by atoms with van der Waals surface area (Å²) < 4.78 is 19.3. The van der Waals surface area contributed by atoms with Crippen LogP contribution >= 0.6 is 34.2 Å². The molecule has 1 aromatic carbocycles. The molecule has 166 valence electrons. The van der Waals surface area contributed by atoms with Crippen molar-refractivity contribution in [2.45, 2.75) is 39.3 Å². The number of nitrogens with zero attached hydrogens (tertiary/aromatic N) is 3. The number of fused-ring (bicyclic) bond motifs is 1. The van der Waals surface area contributed by atoms with Gasteiger partial charge in [0.05, 0.1) is 23.2 Å². The van der Waals surface area contributed by atoms with Crippen molar-refractivity contribution in [3.05, 3.63) is 44.1 Å². The lowest BCUT2D eigenvalue weighted by Gasteiger charge is -2.16. The van der Waals surface area contributed by atoms with E-state index in [0.717, 1.165) is 11.6 Å². The van der Waals surface area contributed by atoms with Gasteiger partial charge in [0.15, 0.2) is 5.65 Å². The molecule has 31 heavy (non-hydrogen) atoms. The van der Waals surface area contributed by atoms with Crippen molar-refractivity contribution >= 4 is 59.4 Å². The van der Waals surface area contributed by atoms with Gasteiger partial charge in [0.2, 0.25) is 0 Å². The Morgan fingerprint density at radius 3 is 2.65 bits per heavy atom. The van der Waals surface area contributed by atoms with Crippen LogP contribution in [0.1, 0.15) is 15.9 Å². The number of methoxy groups -OCH3 is 1. The summed E-state index contributed by atoms with van der Waals surface area (Å²) in [7, 11) is 0.141. The number of rotatable bonds is 8. The summed E-state index contributed by atoms with van der Waals surface area (Å²) >= 11 is 8.37. The van der Waals surface area contributed by atoms with Gasteiger partial charge in [-0.2, -0.15) is 4.98 Å². The first-order valence-corrected chi connectivity index (χ1v) is 14.9. The van der Waals surface area contributed by atoms with Gasteiger partial charge in [-0.15, -0.1) is 0 Å². The average Bonchev–Trinajstić information content (AvgIpc) is 3.01. The van der Waals surface area contributed by atoms with Crippen LogP contribution in [0.5, 0.6) is 11.8 Å². The van der Waals surface area contributed by atoms with Gasteiger partial charge in [0.1, 0.15) is 16.2 Å². The van der Waals surface area contributed by atoms with Crippen LogP contribution in [0.3, 0.4) is 0 Å². The molecular weight excluding hydrogens is 549 g/mol. The number of esters is 1. The first-order chi connectivity index (χ1) is 14.6. The highest BCUT2D eigenvalue weighted by atomic mass is 127. The molecule has 0 spiro atoms. The molecule has 3 aromatic rings. The molecule has 2 aromatic heterocycles. The van der Waals surface area contributed by atoms with E-state index in [1.165, 1.54) is 7.11 Å². The van der Waals surface area contributed by atoms with E-state index in [2.05, 4.69) is 52.2 Å². The number of hydrogen-bond acceptors (Lipinski definition) is 6. The van der Waals surface area contributed by atoms with E-state index >= 15 is 0 Å². The molecule has 0 saturated carbocycles. The number of carbonyl (C=O) groups is 1. The number of aromatic nitrogens is 3. The van der Waals surface area contributed by atoms with E-state index in [9.17, 15) is 4.79 Å². The second-order valence-corrected chi connectivity index (χ2v) is 15.4. The molecule has 10 heteroatoms. The van der Waals surface area contributed by atoms with Crippen LogP contribution in [0.25, 0.3) is 11.2 Å². The normalized spacial score (nSPS) is 11.7. The number of carbonyl (C=O) groups excluding carboxylic acids is 1. The zero-order valence-electron chi connectivity index (χ0n) is 18.2. The maximum atomic E-state index is 12.0. The Balaban J connectivity index is 1.94. The summed E-state index contributed by atoms with van der Waals surface area (Å²) in [5, 5.41) is 0.534. The minimum atomic E-state index is -1.21. The molecule has 0 aliphatic carbocycles. The van der Waals surface area contributed by atoms with Crippen molar-refractivity contribution in [1.29, 1.82) is 0 Å². The summed E-state index contributed by atoms with van der Waals surface area (Å²) in [6.45, 7) is 9.66. The van der Waals surface area contributed by atoms with Gasteiger partial charge in [0, 0.05) is 14.7 Å². The maximum absolute atomic E-state index is 12.0. The number of halogens is 2. The molecular formula is C21H25ClIN3O4Si. The third kappa shape index (κ3) is 5.97. The number of imidazole rings is 1. The molecule has 0 bridgehead atoms. The fraction of sp³-hybridized carbons (Fsp3) is 0.381. The number of benzene rings is 1.